The number of nitrogens with one attached hydrogen (secondary N) is 4. The van der Waals surface area contributed by atoms with Crippen LogP contribution in [0.5, 0.6) is 0 Å². The van der Waals surface area contributed by atoms with Crippen molar-refractivity contribution in [2.45, 2.75) is 76.7 Å². The van der Waals surface area contributed by atoms with Crippen molar-refractivity contribution in [3.8, 4) is 6.07 Å². The van der Waals surface area contributed by atoms with E-state index in [1.165, 1.54) is 0 Å². The van der Waals surface area contributed by atoms with E-state index in [0.29, 0.717) is 48.9 Å². The van der Waals surface area contributed by atoms with E-state index >= 15 is 0 Å². The van der Waals surface area contributed by atoms with Crippen LogP contribution in [0.1, 0.15) is 96.4 Å². The molecule has 250 valence electrons. The highest BCUT2D eigenvalue weighted by molar-refractivity contribution is 5.94. The molecule has 0 radical (unpaired) electrons. The van der Waals surface area contributed by atoms with E-state index in [-0.39, 0.29) is 24.4 Å². The molecule has 3 aliphatic rings. The molecule has 48 heavy (non-hydrogen) atoms. The monoisotopic (exact) mass is 647 g/mol. The largest absolute Gasteiger partial charge is 0.385 e. The highest BCUT2D eigenvalue weighted by Crippen LogP contribution is 2.48. The van der Waals surface area contributed by atoms with Gasteiger partial charge in [-0.2, -0.15) is 10.5 Å². The van der Waals surface area contributed by atoms with Gasteiger partial charge in [0.05, 0.1) is 12.0 Å². The van der Waals surface area contributed by atoms with Crippen LogP contribution in [-0.2, 0) is 23.1 Å². The molecule has 3 aromatic rings. The Hall–Kier alpha value is -4.82. The lowest BCUT2D eigenvalue weighted by Gasteiger charge is -2.39. The van der Waals surface area contributed by atoms with Gasteiger partial charge in [-0.1, -0.05) is 42.8 Å². The second-order valence-corrected chi connectivity index (χ2v) is 13.0. The molecule has 1 aliphatic heterocycles. The number of aromatic amines is 1. The molecule has 2 aromatic carbocycles. The Kier molecular flexibility index (Phi) is 10.0. The summed E-state index contributed by atoms with van der Waals surface area (Å²) in [6.45, 7) is 10.2. The average molecular weight is 648 g/mol. The van der Waals surface area contributed by atoms with E-state index < -0.39 is 5.41 Å². The molecule has 0 saturated heterocycles. The quantitative estimate of drug-likeness (QED) is 0.229. The number of aryl methyl sites for hydroxylation is 2. The van der Waals surface area contributed by atoms with Crippen molar-refractivity contribution in [3.05, 3.63) is 94.0 Å². The molecule has 0 spiro atoms. The van der Waals surface area contributed by atoms with Crippen molar-refractivity contribution < 1.29 is 9.59 Å². The number of aromatic nitrogens is 4. The number of tetrazole rings is 1. The van der Waals surface area contributed by atoms with Crippen molar-refractivity contribution in [2.24, 2.45) is 5.92 Å². The first-order valence-electron chi connectivity index (χ1n) is 17.3. The lowest BCUT2D eigenvalue weighted by atomic mass is 9.66. The molecule has 2 aliphatic carbocycles. The Morgan fingerprint density at radius 2 is 1.75 bits per heavy atom. The van der Waals surface area contributed by atoms with Crippen LogP contribution in [0.25, 0.3) is 5.70 Å². The maximum Gasteiger partial charge on any atom is 0.251 e. The third-order valence-corrected chi connectivity index (χ3v) is 10.3. The smallest absolute Gasteiger partial charge is 0.251 e. The van der Waals surface area contributed by atoms with Gasteiger partial charge in [0.25, 0.3) is 5.91 Å². The highest BCUT2D eigenvalue weighted by Gasteiger charge is 2.47. The number of hydrogen-bond acceptors (Lipinski definition) is 8. The summed E-state index contributed by atoms with van der Waals surface area (Å²) in [5.41, 5.74) is 6.45. The van der Waals surface area contributed by atoms with Crippen LogP contribution in [0.2, 0.25) is 0 Å². The summed E-state index contributed by atoms with van der Waals surface area (Å²) in [6, 6.07) is 14.6. The van der Waals surface area contributed by atoms with Crippen LogP contribution in [-0.4, -0.2) is 69.6 Å². The van der Waals surface area contributed by atoms with Gasteiger partial charge in [-0.15, -0.1) is 10.2 Å². The Morgan fingerprint density at radius 3 is 2.40 bits per heavy atom. The van der Waals surface area contributed by atoms with Crippen LogP contribution in [0, 0.1) is 17.2 Å². The third-order valence-electron chi connectivity index (χ3n) is 10.3. The molecule has 2 heterocycles. The molecule has 1 aromatic heterocycles. The second-order valence-electron chi connectivity index (χ2n) is 13.0. The van der Waals surface area contributed by atoms with E-state index in [1.807, 2.05) is 25.1 Å². The van der Waals surface area contributed by atoms with Crippen molar-refractivity contribution in [1.29, 1.82) is 5.26 Å². The van der Waals surface area contributed by atoms with Crippen molar-refractivity contribution >= 4 is 17.5 Å². The maximum absolute atomic E-state index is 13.5. The lowest BCUT2D eigenvalue weighted by molar-refractivity contribution is -0.127. The van der Waals surface area contributed by atoms with Crippen LogP contribution in [0.15, 0.2) is 54.8 Å². The number of fused-ring (bicyclic) bond motifs is 2. The first kappa shape index (κ1) is 33.1. The Balaban J connectivity index is 1.49. The number of nitrogens with zero attached hydrogens (tertiary/aromatic N) is 5. The molecule has 1 fully saturated rings. The molecule has 11 heteroatoms. The number of allylic oxidation sites excluding steroid dienone is 1. The Morgan fingerprint density at radius 1 is 1.06 bits per heavy atom. The summed E-state index contributed by atoms with van der Waals surface area (Å²) in [5.74, 6) is 0.690. The predicted molar refractivity (Wildman–Crippen MR) is 183 cm³/mol. The number of nitriles is 1. The number of benzene rings is 2. The van der Waals surface area contributed by atoms with E-state index in [9.17, 15) is 14.9 Å². The minimum atomic E-state index is -0.833. The van der Waals surface area contributed by atoms with Gasteiger partial charge in [-0.3, -0.25) is 9.59 Å². The molecule has 2 atom stereocenters. The fourth-order valence-corrected chi connectivity index (χ4v) is 7.98. The second kappa shape index (κ2) is 14.5. The van der Waals surface area contributed by atoms with E-state index in [1.54, 1.807) is 4.90 Å². The number of amides is 2. The number of hydrogen-bond donors (Lipinski definition) is 4. The van der Waals surface area contributed by atoms with Crippen LogP contribution < -0.4 is 16.0 Å². The molecule has 1 saturated carbocycles. The standard InChI is InChI=1S/C37H45N9O2/c1-4-39-24(3)26-14-16-31-27(19-26)12-13-28-20-29(35(48)40-5-2)15-17-32(28)37(31,36-42-44-45-43-36)21-33(25-9-6-7-10-25)41-23-34(47)46-18-8-11-30(46)22-38/h11,14-17,19-20,25,33,39,41H,3-10,12-13,18,21,23H2,1-2H3,(H,40,48)(H,42,43,44,45)/t33-,37?/m0/s1. The predicted octanol–water partition coefficient (Wildman–Crippen LogP) is 4.14. The topological polar surface area (TPSA) is 152 Å². The van der Waals surface area contributed by atoms with Gasteiger partial charge in [-0.05, 0) is 110 Å². The van der Waals surface area contributed by atoms with Gasteiger partial charge >= 0.3 is 0 Å². The summed E-state index contributed by atoms with van der Waals surface area (Å²) < 4.78 is 0. The molecule has 2 amide bonds. The summed E-state index contributed by atoms with van der Waals surface area (Å²) in [7, 11) is 0. The Bertz CT molecular complexity index is 1660. The fraction of sp³-hybridized carbons (Fsp3) is 0.459. The highest BCUT2D eigenvalue weighted by atomic mass is 16.2. The van der Waals surface area contributed by atoms with Crippen molar-refractivity contribution in [3.63, 3.8) is 0 Å². The molecule has 4 N–H and O–H groups in total. The maximum atomic E-state index is 13.5. The summed E-state index contributed by atoms with van der Waals surface area (Å²) in [4.78, 5) is 28.1. The number of carbonyl (C=O) groups is 2. The molecular formula is C37H45N9O2. The molecular weight excluding hydrogens is 602 g/mol. The number of H-pyrrole nitrogens is 1. The van der Waals surface area contributed by atoms with E-state index in [0.717, 1.165) is 78.6 Å². The fourth-order valence-electron chi connectivity index (χ4n) is 7.98. The van der Waals surface area contributed by atoms with Crippen molar-refractivity contribution in [1.82, 2.24) is 41.5 Å². The van der Waals surface area contributed by atoms with Crippen LogP contribution in [0.4, 0.5) is 0 Å². The number of rotatable bonds is 12. The average Bonchev–Trinajstić information content (AvgIpc) is 3.91. The van der Waals surface area contributed by atoms with Gasteiger partial charge in [0.2, 0.25) is 5.91 Å². The third kappa shape index (κ3) is 6.37. The summed E-state index contributed by atoms with van der Waals surface area (Å²) >= 11 is 0. The zero-order valence-corrected chi connectivity index (χ0v) is 27.9. The SMILES string of the molecule is C=C(NCC)c1ccc2c(c1)CCc1cc(C(=O)NCC)ccc1C2(C[C@H](NCC(=O)N1CCC=C1C#N)C1CCCC1)c1nn[nH]n1. The zero-order chi connectivity index (χ0) is 33.7. The molecule has 6 rings (SSSR count). The van der Waals surface area contributed by atoms with Gasteiger partial charge < -0.3 is 20.9 Å². The Labute approximate surface area is 282 Å². The normalized spacial score (nSPS) is 19.4. The minimum absolute atomic E-state index is 0.0645. The first-order valence-corrected chi connectivity index (χ1v) is 17.3. The van der Waals surface area contributed by atoms with Crippen LogP contribution >= 0.6 is 0 Å². The van der Waals surface area contributed by atoms with Gasteiger partial charge in [-0.25, -0.2) is 0 Å². The summed E-state index contributed by atoms with van der Waals surface area (Å²) in [5, 5.41) is 35.7. The molecule has 11 nitrogen and oxygen atoms in total. The van der Waals surface area contributed by atoms with E-state index in [4.69, 9.17) is 0 Å². The minimum Gasteiger partial charge on any atom is -0.385 e. The lowest BCUT2D eigenvalue weighted by Crippen LogP contribution is -2.47. The number of carbonyl (C=O) groups excluding carboxylic acids is 2. The van der Waals surface area contributed by atoms with Gasteiger partial charge in [0.15, 0.2) is 5.82 Å². The first-order chi connectivity index (χ1) is 23.4. The molecule has 1 unspecified atom stereocenters. The summed E-state index contributed by atoms with van der Waals surface area (Å²) in [6.07, 6.45) is 8.96. The van der Waals surface area contributed by atoms with Crippen LogP contribution in [0.3, 0.4) is 0 Å². The zero-order valence-electron chi connectivity index (χ0n) is 27.9. The van der Waals surface area contributed by atoms with Gasteiger partial charge in [0.1, 0.15) is 11.8 Å². The van der Waals surface area contributed by atoms with Crippen molar-refractivity contribution in [2.75, 3.05) is 26.2 Å². The molecule has 0 bridgehead atoms. The van der Waals surface area contributed by atoms with E-state index in [2.05, 4.69) is 80.4 Å². The van der Waals surface area contributed by atoms with Gasteiger partial charge in [0, 0.05) is 36.9 Å².